The smallest absolute Gasteiger partial charge is 0.263 e. The molecule has 0 radical (unpaired) electrons. The van der Waals surface area contributed by atoms with Crippen LogP contribution in [0.25, 0.3) is 0 Å². The van der Waals surface area contributed by atoms with Gasteiger partial charge >= 0.3 is 0 Å². The first kappa shape index (κ1) is 18.7. The van der Waals surface area contributed by atoms with Gasteiger partial charge in [-0.05, 0) is 23.8 Å². The predicted octanol–water partition coefficient (Wildman–Crippen LogP) is 3.12. The fraction of sp³-hybridized carbons (Fsp3) is 0. The van der Waals surface area contributed by atoms with Crippen LogP contribution in [0.4, 0.5) is 0 Å². The van der Waals surface area contributed by atoms with Gasteiger partial charge in [0.1, 0.15) is 0 Å². The van der Waals surface area contributed by atoms with Crippen molar-refractivity contribution in [2.24, 2.45) is 0 Å². The number of benzene rings is 3. The van der Waals surface area contributed by atoms with E-state index in [1.807, 2.05) is 0 Å². The molecule has 24 heavy (non-hydrogen) atoms. The van der Waals surface area contributed by atoms with E-state index in [9.17, 15) is 0 Å². The second kappa shape index (κ2) is 9.02. The fourth-order valence-corrected chi connectivity index (χ4v) is 4.48. The number of hydrogen-bond acceptors (Lipinski definition) is 2. The van der Waals surface area contributed by atoms with Crippen molar-refractivity contribution in [2.75, 3.05) is 0 Å². The molecule has 0 aliphatic heterocycles. The SMILES string of the molecule is O=S(O)(O)=S.c1ccc(P(c2ccccc2)c2ccccc2)cc1. The molecule has 0 unspecified atom stereocenters. The van der Waals surface area contributed by atoms with E-state index < -0.39 is 17.0 Å². The minimum absolute atomic E-state index is 0.446. The summed E-state index contributed by atoms with van der Waals surface area (Å²) in [7, 11) is -4.28. The fourth-order valence-electron chi connectivity index (χ4n) is 2.18. The maximum absolute atomic E-state index is 9.11. The molecule has 3 rings (SSSR count). The van der Waals surface area contributed by atoms with Crippen LogP contribution in [0.5, 0.6) is 0 Å². The van der Waals surface area contributed by atoms with Crippen LogP contribution in [-0.2, 0) is 20.2 Å². The molecule has 0 heterocycles. The quantitative estimate of drug-likeness (QED) is 0.690. The summed E-state index contributed by atoms with van der Waals surface area (Å²) in [5, 5.41) is 4.19. The Hall–Kier alpha value is -1.62. The van der Waals surface area contributed by atoms with Gasteiger partial charge in [0.15, 0.2) is 0 Å². The molecule has 0 bridgehead atoms. The third kappa shape index (κ3) is 6.48. The largest absolute Gasteiger partial charge is 0.285 e. The van der Waals surface area contributed by atoms with Crippen molar-refractivity contribution in [3.8, 4) is 0 Å². The Morgan fingerprint density at radius 2 is 0.833 bits per heavy atom. The highest BCUT2D eigenvalue weighted by Gasteiger charge is 2.14. The van der Waals surface area contributed by atoms with E-state index in [0.717, 1.165) is 0 Å². The first-order chi connectivity index (χ1) is 11.4. The van der Waals surface area contributed by atoms with Gasteiger partial charge in [0.25, 0.3) is 9.05 Å². The zero-order valence-electron chi connectivity index (χ0n) is 12.7. The van der Waals surface area contributed by atoms with E-state index in [2.05, 4.69) is 102 Å². The molecular formula is C18H17O3PS2. The highest BCUT2D eigenvalue weighted by molar-refractivity contribution is 8.26. The van der Waals surface area contributed by atoms with Gasteiger partial charge in [0.05, 0.1) is 0 Å². The van der Waals surface area contributed by atoms with Gasteiger partial charge in [0.2, 0.25) is 0 Å². The van der Waals surface area contributed by atoms with Crippen molar-refractivity contribution in [1.29, 1.82) is 0 Å². The van der Waals surface area contributed by atoms with Gasteiger partial charge in [-0.25, -0.2) is 0 Å². The van der Waals surface area contributed by atoms with Crippen LogP contribution in [0.15, 0.2) is 91.0 Å². The molecule has 0 saturated carbocycles. The van der Waals surface area contributed by atoms with Gasteiger partial charge in [-0.15, -0.1) is 0 Å². The second-order valence-electron chi connectivity index (χ2n) is 4.79. The van der Waals surface area contributed by atoms with Gasteiger partial charge in [-0.2, -0.15) is 4.21 Å². The molecule has 124 valence electrons. The maximum atomic E-state index is 9.11. The molecule has 3 nitrogen and oxygen atoms in total. The predicted molar refractivity (Wildman–Crippen MR) is 106 cm³/mol. The normalized spacial score (nSPS) is 10.8. The lowest BCUT2D eigenvalue weighted by Crippen LogP contribution is -2.20. The number of rotatable bonds is 3. The molecule has 0 atom stereocenters. The van der Waals surface area contributed by atoms with Crippen LogP contribution in [0.2, 0.25) is 0 Å². The van der Waals surface area contributed by atoms with Crippen LogP contribution in [-0.4, -0.2) is 13.3 Å². The third-order valence-corrected chi connectivity index (χ3v) is 5.49. The van der Waals surface area contributed by atoms with Crippen molar-refractivity contribution >= 4 is 44.1 Å². The van der Waals surface area contributed by atoms with Crippen molar-refractivity contribution < 1.29 is 13.3 Å². The highest BCUT2D eigenvalue weighted by atomic mass is 32.9. The van der Waals surface area contributed by atoms with E-state index in [0.29, 0.717) is 0 Å². The van der Waals surface area contributed by atoms with Crippen LogP contribution in [0.3, 0.4) is 0 Å². The van der Waals surface area contributed by atoms with Crippen LogP contribution >= 0.6 is 7.92 Å². The Balaban J connectivity index is 0.000000368. The van der Waals surface area contributed by atoms with Crippen molar-refractivity contribution in [2.45, 2.75) is 0 Å². The molecule has 0 fully saturated rings. The minimum atomic E-state index is -3.83. The molecule has 2 N–H and O–H groups in total. The van der Waals surface area contributed by atoms with Gasteiger partial charge < -0.3 is 0 Å². The molecule has 0 spiro atoms. The Labute approximate surface area is 148 Å². The maximum Gasteiger partial charge on any atom is 0.263 e. The summed E-state index contributed by atoms with van der Waals surface area (Å²) in [5.41, 5.74) is 0. The van der Waals surface area contributed by atoms with Crippen molar-refractivity contribution in [3.63, 3.8) is 0 Å². The van der Waals surface area contributed by atoms with Crippen molar-refractivity contribution in [3.05, 3.63) is 91.0 Å². The lowest BCUT2D eigenvalue weighted by Gasteiger charge is -2.18. The Bertz CT molecular complexity index is 737. The number of hydrogen-bond donors (Lipinski definition) is 2. The summed E-state index contributed by atoms with van der Waals surface area (Å²) in [6.45, 7) is 0. The Morgan fingerprint density at radius 3 is 1.04 bits per heavy atom. The van der Waals surface area contributed by atoms with Gasteiger partial charge in [0, 0.05) is 11.2 Å². The van der Waals surface area contributed by atoms with Gasteiger partial charge in [-0.1, -0.05) is 91.0 Å². The summed E-state index contributed by atoms with van der Waals surface area (Å²) in [6.07, 6.45) is 0. The molecule has 6 heteroatoms. The molecule has 0 saturated heterocycles. The Morgan fingerprint density at radius 1 is 0.625 bits per heavy atom. The topological polar surface area (TPSA) is 57.5 Å². The average molecular weight is 376 g/mol. The van der Waals surface area contributed by atoms with Crippen LogP contribution in [0, 0.1) is 0 Å². The van der Waals surface area contributed by atoms with Crippen LogP contribution < -0.4 is 15.9 Å². The monoisotopic (exact) mass is 376 g/mol. The lowest BCUT2D eigenvalue weighted by molar-refractivity contribution is 0.450. The zero-order valence-corrected chi connectivity index (χ0v) is 15.3. The summed E-state index contributed by atoms with van der Waals surface area (Å²) in [5.74, 6) is 0. The standard InChI is InChI=1S/C18H15P.H2O3S2/c1-4-10-16(11-5-1)19(17-12-6-2-7-13-17)18-14-8-3-9-15-18;1-5(2,3)4/h1-15H;(H2,1,2,3,4). The minimum Gasteiger partial charge on any atom is -0.285 e. The first-order valence-electron chi connectivity index (χ1n) is 7.10. The molecule has 0 aromatic heterocycles. The molecule has 3 aromatic rings. The highest BCUT2D eigenvalue weighted by Crippen LogP contribution is 2.32. The van der Waals surface area contributed by atoms with E-state index in [1.165, 1.54) is 15.9 Å². The summed E-state index contributed by atoms with van der Waals surface area (Å²) < 4.78 is 24.0. The molecule has 0 aliphatic rings. The van der Waals surface area contributed by atoms with E-state index >= 15 is 0 Å². The third-order valence-electron chi connectivity index (χ3n) is 3.04. The van der Waals surface area contributed by atoms with Crippen molar-refractivity contribution in [1.82, 2.24) is 0 Å². The zero-order chi connectivity index (χ0) is 17.4. The molecular weight excluding hydrogens is 359 g/mol. The van der Waals surface area contributed by atoms with Crippen LogP contribution in [0.1, 0.15) is 0 Å². The first-order valence-corrected chi connectivity index (χ1v) is 10.8. The van der Waals surface area contributed by atoms with E-state index in [4.69, 9.17) is 13.3 Å². The van der Waals surface area contributed by atoms with E-state index in [1.54, 1.807) is 0 Å². The summed E-state index contributed by atoms with van der Waals surface area (Å²) in [4.78, 5) is 0. The Kier molecular flexibility index (Phi) is 7.03. The molecule has 0 amide bonds. The molecule has 3 aromatic carbocycles. The second-order valence-corrected chi connectivity index (χ2v) is 9.21. The van der Waals surface area contributed by atoms with E-state index in [-0.39, 0.29) is 0 Å². The lowest BCUT2D eigenvalue weighted by atomic mass is 10.4. The molecule has 0 aliphatic carbocycles. The average Bonchev–Trinajstić information content (AvgIpc) is 2.57. The summed E-state index contributed by atoms with van der Waals surface area (Å²) in [6, 6.07) is 32.3. The van der Waals surface area contributed by atoms with Gasteiger partial charge in [-0.3, -0.25) is 9.11 Å². The summed E-state index contributed by atoms with van der Waals surface area (Å²) >= 11 is 3.47.